The van der Waals surface area contributed by atoms with Gasteiger partial charge in [-0.3, -0.25) is 9.48 Å². The van der Waals surface area contributed by atoms with Gasteiger partial charge in [-0.15, -0.1) is 0 Å². The van der Waals surface area contributed by atoms with Crippen LogP contribution in [0, 0.1) is 5.92 Å². The van der Waals surface area contributed by atoms with Crippen molar-refractivity contribution in [2.24, 2.45) is 13.0 Å². The van der Waals surface area contributed by atoms with Crippen LogP contribution in [0.3, 0.4) is 0 Å². The van der Waals surface area contributed by atoms with E-state index in [4.69, 9.17) is 4.74 Å². The fourth-order valence-corrected chi connectivity index (χ4v) is 5.30. The van der Waals surface area contributed by atoms with Crippen LogP contribution < -0.4 is 9.64 Å². The molecule has 1 atom stereocenters. The summed E-state index contributed by atoms with van der Waals surface area (Å²) in [7, 11) is 1.52. The summed E-state index contributed by atoms with van der Waals surface area (Å²) in [6.45, 7) is 3.05. The van der Waals surface area contributed by atoms with E-state index in [0.717, 1.165) is 48.2 Å². The van der Waals surface area contributed by atoms with Crippen LogP contribution in [-0.4, -0.2) is 39.5 Å². The lowest BCUT2D eigenvalue weighted by molar-refractivity contribution is -0.141. The Labute approximate surface area is 201 Å². The van der Waals surface area contributed by atoms with Crippen molar-refractivity contribution in [3.05, 3.63) is 53.2 Å². The van der Waals surface area contributed by atoms with E-state index in [1.165, 1.54) is 11.7 Å². The molecule has 0 radical (unpaired) electrons. The minimum atomic E-state index is -4.51. The number of halogens is 3. The Morgan fingerprint density at radius 3 is 2.60 bits per heavy atom. The van der Waals surface area contributed by atoms with Crippen molar-refractivity contribution in [2.45, 2.75) is 50.8 Å². The highest BCUT2D eigenvalue weighted by Gasteiger charge is 2.40. The van der Waals surface area contributed by atoms with Gasteiger partial charge in [-0.25, -0.2) is 0 Å². The zero-order valence-electron chi connectivity index (χ0n) is 19.7. The van der Waals surface area contributed by atoms with Crippen molar-refractivity contribution in [1.29, 1.82) is 0 Å². The van der Waals surface area contributed by atoms with Crippen LogP contribution in [0.25, 0.3) is 10.9 Å². The number of anilines is 1. The van der Waals surface area contributed by atoms with Crippen LogP contribution in [0.2, 0.25) is 0 Å². The summed E-state index contributed by atoms with van der Waals surface area (Å²) >= 11 is 0. The molecular formula is C26H28F3N3O3. The van der Waals surface area contributed by atoms with Gasteiger partial charge >= 0.3 is 12.1 Å². The molecule has 1 saturated heterocycles. The lowest BCUT2D eigenvalue weighted by atomic mass is 9.82. The average Bonchev–Trinajstić information content (AvgIpc) is 3.15. The lowest BCUT2D eigenvalue weighted by Gasteiger charge is -2.45. The van der Waals surface area contributed by atoms with Gasteiger partial charge in [0.15, 0.2) is 5.69 Å². The van der Waals surface area contributed by atoms with Crippen molar-refractivity contribution in [3.8, 4) is 5.75 Å². The summed E-state index contributed by atoms with van der Waals surface area (Å²) < 4.78 is 48.2. The van der Waals surface area contributed by atoms with Gasteiger partial charge in [0, 0.05) is 44.1 Å². The van der Waals surface area contributed by atoms with Gasteiger partial charge in [-0.05, 0) is 54.7 Å². The predicted molar refractivity (Wildman–Crippen MR) is 126 cm³/mol. The van der Waals surface area contributed by atoms with Crippen LogP contribution in [0.1, 0.15) is 43.0 Å². The summed E-state index contributed by atoms with van der Waals surface area (Å²) in [5, 5.41) is 13.0. The van der Waals surface area contributed by atoms with Crippen LogP contribution in [0.5, 0.6) is 5.75 Å². The van der Waals surface area contributed by atoms with Crippen molar-refractivity contribution < 1.29 is 27.8 Å². The minimum Gasteiger partial charge on any atom is -0.487 e. The first-order chi connectivity index (χ1) is 16.5. The van der Waals surface area contributed by atoms with Crippen molar-refractivity contribution in [3.63, 3.8) is 0 Å². The second kappa shape index (κ2) is 8.46. The molecule has 1 fully saturated rings. The predicted octanol–water partition coefficient (Wildman–Crippen LogP) is 5.22. The molecule has 2 aliphatic heterocycles. The van der Waals surface area contributed by atoms with Gasteiger partial charge in [-0.1, -0.05) is 19.1 Å². The quantitative estimate of drug-likeness (QED) is 0.547. The number of carboxylic acid groups (broad SMARTS) is 1. The summed E-state index contributed by atoms with van der Waals surface area (Å²) in [4.78, 5) is 13.3. The first-order valence-electron chi connectivity index (χ1n) is 11.9. The standard InChI is InChI=1S/C26H28F3N3O3/c1-16(24(33)34)13-17-3-4-18-7-8-25(35-22(18)14-17)9-11-32(12-10-25)19-5-6-21-20(15-19)23(26(27,28)29)30-31(21)2/h3-6,14-16H,7-13H2,1-2H3,(H,33,34)/t16-/m0/s1. The van der Waals surface area contributed by atoms with Gasteiger partial charge in [0.1, 0.15) is 11.4 Å². The smallest absolute Gasteiger partial charge is 0.435 e. The summed E-state index contributed by atoms with van der Waals surface area (Å²) in [5.41, 5.74) is 2.12. The number of ether oxygens (including phenoxy) is 1. The van der Waals surface area contributed by atoms with E-state index in [0.29, 0.717) is 25.0 Å². The topological polar surface area (TPSA) is 67.6 Å². The number of fused-ring (bicyclic) bond motifs is 2. The van der Waals surface area contributed by atoms with Gasteiger partial charge in [0.25, 0.3) is 0 Å². The molecule has 0 aliphatic carbocycles. The molecule has 6 nitrogen and oxygen atoms in total. The monoisotopic (exact) mass is 487 g/mol. The number of aromatic nitrogens is 2. The first kappa shape index (κ1) is 23.5. The molecule has 2 aliphatic rings. The Kier molecular flexibility index (Phi) is 5.68. The Balaban J connectivity index is 1.32. The molecule has 0 amide bonds. The largest absolute Gasteiger partial charge is 0.487 e. The maximum absolute atomic E-state index is 13.5. The van der Waals surface area contributed by atoms with Gasteiger partial charge in [0.05, 0.1) is 11.4 Å². The number of carbonyl (C=O) groups is 1. The Bertz CT molecular complexity index is 1280. The van der Waals surface area contributed by atoms with E-state index in [9.17, 15) is 23.1 Å². The zero-order valence-corrected chi connectivity index (χ0v) is 19.7. The summed E-state index contributed by atoms with van der Waals surface area (Å²) in [6, 6.07) is 11.1. The van der Waals surface area contributed by atoms with Crippen molar-refractivity contribution in [2.75, 3.05) is 18.0 Å². The van der Waals surface area contributed by atoms with Gasteiger partial charge < -0.3 is 14.7 Å². The third-order valence-electron chi connectivity index (χ3n) is 7.41. The molecule has 0 bridgehead atoms. The zero-order chi connectivity index (χ0) is 25.0. The number of hydrogen-bond donors (Lipinski definition) is 1. The number of aryl methyl sites for hydroxylation is 2. The van der Waals surface area contributed by atoms with E-state index in [-0.39, 0.29) is 11.0 Å². The number of benzene rings is 2. The number of alkyl halides is 3. The van der Waals surface area contributed by atoms with E-state index < -0.39 is 23.8 Å². The molecule has 9 heteroatoms. The molecule has 0 saturated carbocycles. The molecule has 0 unspecified atom stereocenters. The summed E-state index contributed by atoms with van der Waals surface area (Å²) in [6.07, 6.45) is -0.754. The fraction of sp³-hybridized carbons (Fsp3) is 0.462. The van der Waals surface area contributed by atoms with E-state index in [1.807, 2.05) is 24.3 Å². The molecule has 1 aromatic heterocycles. The van der Waals surface area contributed by atoms with Crippen LogP contribution in [0.15, 0.2) is 36.4 Å². The first-order valence-corrected chi connectivity index (χ1v) is 11.9. The second-order valence-corrected chi connectivity index (χ2v) is 9.83. The minimum absolute atomic E-state index is 0.115. The molecule has 1 spiro atoms. The number of rotatable bonds is 4. The molecule has 3 aromatic rings. The Morgan fingerprint density at radius 2 is 1.91 bits per heavy atom. The van der Waals surface area contributed by atoms with Gasteiger partial charge in [0.2, 0.25) is 0 Å². The van der Waals surface area contributed by atoms with Gasteiger partial charge in [-0.2, -0.15) is 18.3 Å². The fourth-order valence-electron chi connectivity index (χ4n) is 5.30. The molecular weight excluding hydrogens is 459 g/mol. The molecule has 5 rings (SSSR count). The number of hydrogen-bond acceptors (Lipinski definition) is 4. The number of nitrogens with zero attached hydrogens (tertiary/aromatic N) is 3. The van der Waals surface area contributed by atoms with E-state index in [1.54, 1.807) is 19.1 Å². The lowest BCUT2D eigenvalue weighted by Crippen LogP contribution is -2.49. The van der Waals surface area contributed by atoms with Crippen LogP contribution in [0.4, 0.5) is 18.9 Å². The average molecular weight is 488 g/mol. The molecule has 2 aromatic carbocycles. The molecule has 1 N–H and O–H groups in total. The molecule has 3 heterocycles. The van der Waals surface area contributed by atoms with Crippen LogP contribution >= 0.6 is 0 Å². The Hall–Kier alpha value is -3.23. The van der Waals surface area contributed by atoms with Crippen molar-refractivity contribution in [1.82, 2.24) is 9.78 Å². The third-order valence-corrected chi connectivity index (χ3v) is 7.41. The maximum Gasteiger partial charge on any atom is 0.435 e. The normalized spacial score (nSPS) is 18.4. The Morgan fingerprint density at radius 1 is 1.17 bits per heavy atom. The highest BCUT2D eigenvalue weighted by molar-refractivity contribution is 5.86. The number of carboxylic acids is 1. The highest BCUT2D eigenvalue weighted by Crippen LogP contribution is 2.41. The second-order valence-electron chi connectivity index (χ2n) is 9.83. The van der Waals surface area contributed by atoms with Crippen LogP contribution in [-0.2, 0) is 30.9 Å². The van der Waals surface area contributed by atoms with E-state index >= 15 is 0 Å². The number of piperidine rings is 1. The highest BCUT2D eigenvalue weighted by atomic mass is 19.4. The maximum atomic E-state index is 13.5. The SMILES string of the molecule is C[C@@H](Cc1ccc2c(c1)OC1(CC2)CCN(c2ccc3c(c2)c(C(F)(F)F)nn3C)CC1)C(=O)O. The third kappa shape index (κ3) is 4.44. The van der Waals surface area contributed by atoms with E-state index in [2.05, 4.69) is 10.00 Å². The van der Waals surface area contributed by atoms with Crippen molar-refractivity contribution >= 4 is 22.6 Å². The molecule has 35 heavy (non-hydrogen) atoms. The number of aliphatic carboxylic acids is 1. The summed E-state index contributed by atoms with van der Waals surface area (Å²) in [5.74, 6) is -0.463. The molecule has 186 valence electrons.